The summed E-state index contributed by atoms with van der Waals surface area (Å²) in [5.41, 5.74) is 5.68. The lowest BCUT2D eigenvalue weighted by Crippen LogP contribution is -2.52. The molecule has 3 N–H and O–H groups in total. The molecule has 1 unspecified atom stereocenters. The maximum absolute atomic E-state index is 11.2. The second-order valence-corrected chi connectivity index (χ2v) is 6.86. The Morgan fingerprint density at radius 1 is 1.16 bits per heavy atom. The number of nitrogens with zero attached hydrogens (tertiary/aromatic N) is 2. The predicted molar refractivity (Wildman–Crippen MR) is 104 cm³/mol. The summed E-state index contributed by atoms with van der Waals surface area (Å²) < 4.78 is 0.275. The summed E-state index contributed by atoms with van der Waals surface area (Å²) in [6.07, 6.45) is 20.2. The maximum Gasteiger partial charge on any atom is 0.360 e. The molecule has 0 amide bonds. The van der Waals surface area contributed by atoms with Gasteiger partial charge in [-0.05, 0) is 19.3 Å². The van der Waals surface area contributed by atoms with Crippen molar-refractivity contribution in [3.8, 4) is 0 Å². The van der Waals surface area contributed by atoms with Crippen molar-refractivity contribution in [2.24, 2.45) is 10.7 Å². The molecule has 0 saturated carbocycles. The summed E-state index contributed by atoms with van der Waals surface area (Å²) in [5, 5.41) is 9.18. The van der Waals surface area contributed by atoms with Crippen LogP contribution >= 0.6 is 0 Å². The van der Waals surface area contributed by atoms with Gasteiger partial charge in [-0.1, -0.05) is 57.6 Å². The zero-order valence-corrected chi connectivity index (χ0v) is 15.8. The largest absolute Gasteiger partial charge is 0.477 e. The third-order valence-electron chi connectivity index (χ3n) is 4.71. The fourth-order valence-electron chi connectivity index (χ4n) is 3.30. The number of carbonyl (C=O) groups is 1. The minimum absolute atomic E-state index is 0.0221. The summed E-state index contributed by atoms with van der Waals surface area (Å²) in [4.78, 5) is 15.6. The van der Waals surface area contributed by atoms with Crippen LogP contribution in [0.5, 0.6) is 0 Å². The number of hydrogen-bond donors (Lipinski definition) is 2. The Bertz CT molecular complexity index is 472. The molecule has 25 heavy (non-hydrogen) atoms. The second kappa shape index (κ2) is 12.8. The molecule has 0 aromatic heterocycles. The Balaban J connectivity index is 2.22. The third-order valence-corrected chi connectivity index (χ3v) is 4.71. The number of allylic oxidation sites excluding steroid dienone is 2. The predicted octanol–water partition coefficient (Wildman–Crippen LogP) is 4.21. The molecular formula is C20H36N3O2+. The first kappa shape index (κ1) is 21.6. The van der Waals surface area contributed by atoms with Gasteiger partial charge in [-0.15, -0.1) is 0 Å². The number of nitrogens with two attached hydrogens (primary N) is 1. The quantitative estimate of drug-likeness (QED) is 0.264. The molecular weight excluding hydrogens is 314 g/mol. The van der Waals surface area contributed by atoms with E-state index in [4.69, 9.17) is 5.73 Å². The number of aliphatic carboxylic acids is 1. The van der Waals surface area contributed by atoms with E-state index in [1.165, 1.54) is 44.9 Å². The highest BCUT2D eigenvalue weighted by atomic mass is 16.4. The molecule has 142 valence electrons. The highest BCUT2D eigenvalue weighted by Gasteiger charge is 2.36. The van der Waals surface area contributed by atoms with Crippen molar-refractivity contribution >= 4 is 11.8 Å². The molecule has 0 saturated heterocycles. The third kappa shape index (κ3) is 8.45. The maximum atomic E-state index is 11.2. The van der Waals surface area contributed by atoms with E-state index in [2.05, 4.69) is 24.1 Å². The smallest absolute Gasteiger partial charge is 0.360 e. The van der Waals surface area contributed by atoms with Gasteiger partial charge >= 0.3 is 5.97 Å². The number of unbranched alkanes of at least 4 members (excludes halogenated alkanes) is 7. The molecule has 1 aliphatic heterocycles. The summed E-state index contributed by atoms with van der Waals surface area (Å²) in [5.74, 6) is 0.0932. The van der Waals surface area contributed by atoms with Crippen LogP contribution in [0.4, 0.5) is 0 Å². The van der Waals surface area contributed by atoms with Crippen LogP contribution in [0.25, 0.3) is 0 Å². The van der Waals surface area contributed by atoms with Crippen LogP contribution in [-0.4, -0.2) is 41.0 Å². The number of rotatable bonds is 15. The molecule has 0 bridgehead atoms. The summed E-state index contributed by atoms with van der Waals surface area (Å²) in [6.45, 7) is 3.31. The van der Waals surface area contributed by atoms with Crippen LogP contribution < -0.4 is 5.73 Å². The standard InChI is InChI=1S/C20H35N3O2/c1-2-3-4-5-6-7-8-9-10-11-12-13-19-22-15-17-23(19,16-14-21)18-20(24)25/h10-11,15,17H,2-9,12-14,16,18,21H2,1H3/p+1/b11-10+. The van der Waals surface area contributed by atoms with E-state index in [1.54, 1.807) is 6.20 Å². The van der Waals surface area contributed by atoms with Gasteiger partial charge in [-0.25, -0.2) is 14.3 Å². The lowest BCUT2D eigenvalue weighted by Gasteiger charge is -2.30. The molecule has 1 atom stereocenters. The number of carboxylic acid groups (broad SMARTS) is 1. The number of aliphatic imine (C=N–C) groups is 1. The van der Waals surface area contributed by atoms with Gasteiger partial charge in [-0.2, -0.15) is 0 Å². The van der Waals surface area contributed by atoms with Crippen LogP contribution in [0, 0.1) is 0 Å². The van der Waals surface area contributed by atoms with Gasteiger partial charge in [-0.3, -0.25) is 0 Å². The Hall–Kier alpha value is -1.46. The van der Waals surface area contributed by atoms with E-state index < -0.39 is 5.97 Å². The molecule has 0 fully saturated rings. The van der Waals surface area contributed by atoms with Gasteiger partial charge in [0.25, 0.3) is 0 Å². The van der Waals surface area contributed by atoms with E-state index >= 15 is 0 Å². The van der Waals surface area contributed by atoms with E-state index in [0.717, 1.165) is 25.1 Å². The summed E-state index contributed by atoms with van der Waals surface area (Å²) >= 11 is 0. The lowest BCUT2D eigenvalue weighted by atomic mass is 10.1. The monoisotopic (exact) mass is 350 g/mol. The fraction of sp³-hybridized carbons (Fsp3) is 0.700. The van der Waals surface area contributed by atoms with Crippen LogP contribution in [-0.2, 0) is 4.79 Å². The van der Waals surface area contributed by atoms with E-state index in [9.17, 15) is 9.90 Å². The zero-order chi connectivity index (χ0) is 18.4. The molecule has 0 radical (unpaired) electrons. The van der Waals surface area contributed by atoms with E-state index in [1.807, 2.05) is 6.20 Å². The van der Waals surface area contributed by atoms with Crippen LogP contribution in [0.2, 0.25) is 0 Å². The van der Waals surface area contributed by atoms with Crippen LogP contribution in [0.15, 0.2) is 29.5 Å². The first-order chi connectivity index (χ1) is 12.1. The van der Waals surface area contributed by atoms with Gasteiger partial charge in [0.15, 0.2) is 6.54 Å². The Kier molecular flexibility index (Phi) is 11.1. The van der Waals surface area contributed by atoms with Crippen molar-refractivity contribution in [1.82, 2.24) is 0 Å². The minimum atomic E-state index is -0.817. The molecule has 1 aliphatic rings. The molecule has 0 spiro atoms. The molecule has 0 aromatic rings. The minimum Gasteiger partial charge on any atom is -0.477 e. The fourth-order valence-corrected chi connectivity index (χ4v) is 3.30. The van der Waals surface area contributed by atoms with Gasteiger partial charge in [0, 0.05) is 13.0 Å². The molecule has 5 heteroatoms. The number of quaternary nitrogens is 1. The van der Waals surface area contributed by atoms with Crippen molar-refractivity contribution in [3.63, 3.8) is 0 Å². The highest BCUT2D eigenvalue weighted by molar-refractivity contribution is 5.81. The van der Waals surface area contributed by atoms with E-state index in [-0.39, 0.29) is 11.0 Å². The number of amidine groups is 1. The SMILES string of the molecule is CCCCCCCCC/C=C/CCC1=NC=C[N+]1(CCN)CC(=O)O. The first-order valence-corrected chi connectivity index (χ1v) is 9.83. The van der Waals surface area contributed by atoms with Gasteiger partial charge in [0.05, 0.1) is 6.20 Å². The molecule has 1 rings (SSSR count). The van der Waals surface area contributed by atoms with Gasteiger partial charge in [0.2, 0.25) is 5.84 Å². The Morgan fingerprint density at radius 2 is 1.84 bits per heavy atom. The van der Waals surface area contributed by atoms with Gasteiger partial charge < -0.3 is 10.8 Å². The number of hydrogen-bond acceptors (Lipinski definition) is 3. The van der Waals surface area contributed by atoms with Crippen molar-refractivity contribution < 1.29 is 14.4 Å². The Morgan fingerprint density at radius 3 is 2.52 bits per heavy atom. The number of carboxylic acids is 1. The average molecular weight is 351 g/mol. The van der Waals surface area contributed by atoms with Crippen LogP contribution in [0.3, 0.4) is 0 Å². The first-order valence-electron chi connectivity index (χ1n) is 9.83. The van der Waals surface area contributed by atoms with Crippen molar-refractivity contribution in [2.45, 2.75) is 71.1 Å². The van der Waals surface area contributed by atoms with Gasteiger partial charge in [0.1, 0.15) is 12.7 Å². The molecule has 5 nitrogen and oxygen atoms in total. The van der Waals surface area contributed by atoms with Crippen LogP contribution in [0.1, 0.15) is 71.1 Å². The van der Waals surface area contributed by atoms with E-state index in [0.29, 0.717) is 13.1 Å². The second-order valence-electron chi connectivity index (χ2n) is 6.86. The highest BCUT2D eigenvalue weighted by Crippen LogP contribution is 2.20. The zero-order valence-electron chi connectivity index (χ0n) is 15.8. The summed E-state index contributed by atoms with van der Waals surface area (Å²) in [6, 6.07) is 0. The van der Waals surface area contributed by atoms with Crippen molar-refractivity contribution in [3.05, 3.63) is 24.6 Å². The Labute approximate surface area is 152 Å². The lowest BCUT2D eigenvalue weighted by molar-refractivity contribution is -0.778. The average Bonchev–Trinajstić information content (AvgIpc) is 2.94. The summed E-state index contributed by atoms with van der Waals surface area (Å²) in [7, 11) is 0. The van der Waals surface area contributed by atoms with Crippen molar-refractivity contribution in [1.29, 1.82) is 0 Å². The van der Waals surface area contributed by atoms with Crippen molar-refractivity contribution in [2.75, 3.05) is 19.6 Å². The topological polar surface area (TPSA) is 75.7 Å². The molecule has 0 aliphatic carbocycles. The molecule has 0 aromatic carbocycles. The normalized spacial score (nSPS) is 19.7. The molecule has 1 heterocycles.